The van der Waals surface area contributed by atoms with Gasteiger partial charge in [0.2, 0.25) is 0 Å². The van der Waals surface area contributed by atoms with Crippen LogP contribution in [0, 0.1) is 17.8 Å². The second-order valence-electron chi connectivity index (χ2n) is 15.3. The Bertz CT molecular complexity index is 1420. The van der Waals surface area contributed by atoms with E-state index in [-0.39, 0.29) is 36.6 Å². The Morgan fingerprint density at radius 2 is 1.73 bits per heavy atom. The minimum absolute atomic E-state index is 0.114. The molecule has 3 heterocycles. The van der Waals surface area contributed by atoms with Gasteiger partial charge in [0.05, 0.1) is 17.8 Å². The van der Waals surface area contributed by atoms with Crippen LogP contribution in [0.25, 0.3) is 0 Å². The van der Waals surface area contributed by atoms with E-state index in [9.17, 15) is 24.6 Å². The largest absolute Gasteiger partial charge is 0.508 e. The average Bonchev–Trinajstić information content (AvgIpc) is 3.34. The third-order valence-electron chi connectivity index (χ3n) is 11.1. The Labute approximate surface area is 302 Å². The maximum absolute atomic E-state index is 14.5. The SMILES string of the molecule is CC[C@H]1OC(=O)/C(C)=C/[C@H](C)[C@@H](O[C@@H]2O[C@H](C)C[C@H](N(C)C)[C@H]2O)[C@](C)(OC)C[C@@H](C)C(=O)[C@H](C)[C@H]2N(NCc3ccc(O)cc3)C(=O)O[C@]12C. The first-order valence-corrected chi connectivity index (χ1v) is 18.0. The molecular formula is C38H59N3O10. The van der Waals surface area contributed by atoms with Crippen LogP contribution in [0.4, 0.5) is 4.79 Å². The molecule has 4 rings (SSSR count). The van der Waals surface area contributed by atoms with Gasteiger partial charge >= 0.3 is 12.1 Å². The predicted molar refractivity (Wildman–Crippen MR) is 189 cm³/mol. The van der Waals surface area contributed by atoms with E-state index < -0.39 is 71.7 Å². The molecule has 0 spiro atoms. The first-order valence-electron chi connectivity index (χ1n) is 18.0. The van der Waals surface area contributed by atoms with Crippen LogP contribution in [0.5, 0.6) is 5.75 Å². The number of nitrogens with zero attached hydrogens (tertiary/aromatic N) is 2. The molecule has 0 bridgehead atoms. The van der Waals surface area contributed by atoms with E-state index in [1.807, 2.05) is 53.6 Å². The number of phenols is 1. The number of rotatable bonds is 8. The topological polar surface area (TPSA) is 156 Å². The Hall–Kier alpha value is -3.07. The number of methoxy groups -OCH3 is 1. The zero-order chi connectivity index (χ0) is 38.0. The van der Waals surface area contributed by atoms with Crippen molar-refractivity contribution in [1.29, 1.82) is 0 Å². The number of carbonyl (C=O) groups is 3. The summed E-state index contributed by atoms with van der Waals surface area (Å²) in [5.41, 5.74) is 1.77. The molecule has 51 heavy (non-hydrogen) atoms. The van der Waals surface area contributed by atoms with Crippen LogP contribution in [-0.4, -0.2) is 113 Å². The first kappa shape index (κ1) is 40.7. The summed E-state index contributed by atoms with van der Waals surface area (Å²) < 4.78 is 31.2. The van der Waals surface area contributed by atoms with Gasteiger partial charge in [-0.2, -0.15) is 0 Å². The van der Waals surface area contributed by atoms with Crippen LogP contribution in [0.15, 0.2) is 35.9 Å². The van der Waals surface area contributed by atoms with E-state index in [1.54, 1.807) is 58.2 Å². The van der Waals surface area contributed by atoms with E-state index in [4.69, 9.17) is 23.7 Å². The molecule has 3 aliphatic heterocycles. The van der Waals surface area contributed by atoms with Crippen molar-refractivity contribution in [3.8, 4) is 5.75 Å². The molecule has 2 saturated heterocycles. The van der Waals surface area contributed by atoms with Crippen molar-refractivity contribution in [2.24, 2.45) is 17.8 Å². The van der Waals surface area contributed by atoms with Gasteiger partial charge in [0, 0.05) is 43.0 Å². The fraction of sp³-hybridized carbons (Fsp3) is 0.711. The summed E-state index contributed by atoms with van der Waals surface area (Å²) in [7, 11) is 5.36. The number of likely N-dealkylation sites (N-methyl/N-ethyl adjacent to an activating group) is 1. The second kappa shape index (κ2) is 16.3. The number of hydrazine groups is 1. The van der Waals surface area contributed by atoms with Gasteiger partial charge in [-0.3, -0.25) is 4.79 Å². The molecule has 0 saturated carbocycles. The number of hydrogen-bond acceptors (Lipinski definition) is 12. The number of aromatic hydroxyl groups is 1. The molecule has 2 fully saturated rings. The Morgan fingerprint density at radius 3 is 2.31 bits per heavy atom. The smallest absolute Gasteiger partial charge is 0.425 e. The van der Waals surface area contributed by atoms with Gasteiger partial charge in [-0.05, 0) is 78.7 Å². The number of esters is 1. The molecule has 0 aromatic heterocycles. The number of phenolic OH excluding ortho intramolecular Hbond substituents is 1. The van der Waals surface area contributed by atoms with Crippen molar-refractivity contribution >= 4 is 17.8 Å². The Balaban J connectivity index is 1.76. The number of benzene rings is 1. The lowest BCUT2D eigenvalue weighted by atomic mass is 9.74. The maximum Gasteiger partial charge on any atom is 0.425 e. The number of fused-ring (bicyclic) bond motifs is 1. The van der Waals surface area contributed by atoms with Gasteiger partial charge in [0.25, 0.3) is 0 Å². The van der Waals surface area contributed by atoms with Crippen molar-refractivity contribution in [3.05, 3.63) is 41.5 Å². The number of hydrogen-bond donors (Lipinski definition) is 3. The molecule has 13 nitrogen and oxygen atoms in total. The minimum atomic E-state index is -1.39. The quantitative estimate of drug-likeness (QED) is 0.328. The van der Waals surface area contributed by atoms with Crippen molar-refractivity contribution in [2.45, 2.75) is 135 Å². The standard InChI is InChI=1S/C38H59N3O10/c1-12-29-38(8)32(41(36(46)51-38)39-20-26-13-15-27(42)16-14-26)25(6)30(43)23(4)19-37(7,47-11)33(21(2)17-22(3)34(45)49-29)50-35-31(44)28(40(9)10)18-24(5)48-35/h13-17,21,23-25,28-29,31-33,35,39,42,44H,12,18-20H2,1-11H3/b22-17+/t21-,23+,24+,25-,28-,29+,31+,32+,33+,35-,37+,38+/m0/s1. The molecule has 286 valence electrons. The van der Waals surface area contributed by atoms with Crippen LogP contribution in [-0.2, 0) is 39.8 Å². The van der Waals surface area contributed by atoms with Gasteiger partial charge in [-0.15, -0.1) is 0 Å². The number of amides is 1. The van der Waals surface area contributed by atoms with E-state index in [2.05, 4.69) is 5.43 Å². The van der Waals surface area contributed by atoms with Crippen LogP contribution in [0.1, 0.15) is 80.2 Å². The Morgan fingerprint density at radius 1 is 1.08 bits per heavy atom. The van der Waals surface area contributed by atoms with Crippen molar-refractivity contribution < 1.29 is 48.3 Å². The molecular weight excluding hydrogens is 658 g/mol. The van der Waals surface area contributed by atoms with E-state index in [0.29, 0.717) is 18.4 Å². The van der Waals surface area contributed by atoms with Crippen molar-refractivity contribution in [3.63, 3.8) is 0 Å². The number of carbonyl (C=O) groups excluding carboxylic acids is 3. The lowest BCUT2D eigenvalue weighted by Crippen LogP contribution is -2.60. The molecule has 12 atom stereocenters. The van der Waals surface area contributed by atoms with Gasteiger partial charge in [-0.1, -0.05) is 45.9 Å². The lowest BCUT2D eigenvalue weighted by molar-refractivity contribution is -0.294. The van der Waals surface area contributed by atoms with Crippen LogP contribution < -0.4 is 5.43 Å². The van der Waals surface area contributed by atoms with Gasteiger partial charge in [0.15, 0.2) is 11.9 Å². The number of cyclic esters (lactones) is 1. The molecule has 1 amide bonds. The zero-order valence-electron chi connectivity index (χ0n) is 32.0. The highest BCUT2D eigenvalue weighted by Gasteiger charge is 2.60. The fourth-order valence-electron chi connectivity index (χ4n) is 8.23. The summed E-state index contributed by atoms with van der Waals surface area (Å²) in [6, 6.07) is 5.47. The van der Waals surface area contributed by atoms with E-state index >= 15 is 0 Å². The Kier molecular flexibility index (Phi) is 13.0. The third kappa shape index (κ3) is 8.60. The molecule has 0 aliphatic carbocycles. The summed E-state index contributed by atoms with van der Waals surface area (Å²) in [6.07, 6.45) is -1.58. The van der Waals surface area contributed by atoms with Crippen molar-refractivity contribution in [1.82, 2.24) is 15.3 Å². The van der Waals surface area contributed by atoms with Crippen LogP contribution in [0.3, 0.4) is 0 Å². The van der Waals surface area contributed by atoms with Crippen LogP contribution >= 0.6 is 0 Å². The van der Waals surface area contributed by atoms with E-state index in [1.165, 1.54) is 5.01 Å². The second-order valence-corrected chi connectivity index (χ2v) is 15.3. The zero-order valence-corrected chi connectivity index (χ0v) is 32.0. The highest BCUT2D eigenvalue weighted by atomic mass is 16.7. The summed E-state index contributed by atoms with van der Waals surface area (Å²) in [4.78, 5) is 43.9. The molecule has 1 aromatic carbocycles. The first-order chi connectivity index (χ1) is 23.9. The number of Topliss-reactive ketones (excluding diaryl/α,β-unsaturated/α-hetero) is 1. The number of aliphatic hydroxyl groups excluding tert-OH is 1. The minimum Gasteiger partial charge on any atom is -0.508 e. The van der Waals surface area contributed by atoms with Gasteiger partial charge in [0.1, 0.15) is 29.8 Å². The lowest BCUT2D eigenvalue weighted by Gasteiger charge is -2.46. The molecule has 1 aromatic rings. The monoisotopic (exact) mass is 717 g/mol. The van der Waals surface area contributed by atoms with Gasteiger partial charge < -0.3 is 38.8 Å². The van der Waals surface area contributed by atoms with E-state index in [0.717, 1.165) is 5.56 Å². The molecule has 0 radical (unpaired) electrons. The number of nitrogens with one attached hydrogen (secondary N) is 1. The number of aliphatic hydroxyl groups is 1. The van der Waals surface area contributed by atoms with Crippen molar-refractivity contribution in [2.75, 3.05) is 21.2 Å². The average molecular weight is 718 g/mol. The molecule has 13 heteroatoms. The summed E-state index contributed by atoms with van der Waals surface area (Å²) in [5.74, 6) is -2.44. The summed E-state index contributed by atoms with van der Waals surface area (Å²) in [6.45, 7) is 14.7. The van der Waals surface area contributed by atoms with Crippen LogP contribution in [0.2, 0.25) is 0 Å². The maximum atomic E-state index is 14.5. The van der Waals surface area contributed by atoms with Gasteiger partial charge in [-0.25, -0.2) is 20.0 Å². The fourth-order valence-corrected chi connectivity index (χ4v) is 8.23. The normalized spacial score (nSPS) is 39.5. The molecule has 0 unspecified atom stereocenters. The summed E-state index contributed by atoms with van der Waals surface area (Å²) >= 11 is 0. The number of ketones is 1. The summed E-state index contributed by atoms with van der Waals surface area (Å²) in [5, 5.41) is 22.5. The number of ether oxygens (including phenoxy) is 5. The highest BCUT2D eigenvalue weighted by molar-refractivity contribution is 5.88. The third-order valence-corrected chi connectivity index (χ3v) is 11.1. The molecule has 3 N–H and O–H groups in total. The molecule has 3 aliphatic rings. The highest BCUT2D eigenvalue weighted by Crippen LogP contribution is 2.42. The predicted octanol–water partition coefficient (Wildman–Crippen LogP) is 4.34.